The molecule has 1 fully saturated rings. The first-order valence-corrected chi connectivity index (χ1v) is 6.35. The van der Waals surface area contributed by atoms with Gasteiger partial charge in [0, 0.05) is 24.8 Å². The van der Waals surface area contributed by atoms with E-state index in [0.29, 0.717) is 0 Å². The van der Waals surface area contributed by atoms with Crippen molar-refractivity contribution in [2.45, 2.75) is 38.9 Å². The van der Waals surface area contributed by atoms with Crippen LogP contribution in [0.5, 0.6) is 5.75 Å². The molecule has 3 nitrogen and oxygen atoms in total. The van der Waals surface area contributed by atoms with Crippen LogP contribution in [0.25, 0.3) is 0 Å². The lowest BCUT2D eigenvalue weighted by Gasteiger charge is -2.31. The van der Waals surface area contributed by atoms with Crippen molar-refractivity contribution in [2.24, 2.45) is 0 Å². The highest BCUT2D eigenvalue weighted by Crippen LogP contribution is 2.24. The van der Waals surface area contributed by atoms with Crippen LogP contribution in [0.3, 0.4) is 0 Å². The lowest BCUT2D eigenvalue weighted by molar-refractivity contribution is 0.145. The van der Waals surface area contributed by atoms with E-state index in [4.69, 9.17) is 4.74 Å². The fraction of sp³-hybridized carbons (Fsp3) is 0.571. The van der Waals surface area contributed by atoms with E-state index in [2.05, 4.69) is 17.0 Å². The van der Waals surface area contributed by atoms with Crippen LogP contribution in [0.15, 0.2) is 24.3 Å². The van der Waals surface area contributed by atoms with Crippen molar-refractivity contribution in [1.82, 2.24) is 0 Å². The number of piperidine rings is 1. The minimum atomic E-state index is -0.124. The topological polar surface area (TPSA) is 32.7 Å². The van der Waals surface area contributed by atoms with Crippen molar-refractivity contribution >= 4 is 5.69 Å². The lowest BCUT2D eigenvalue weighted by atomic mass is 10.1. The van der Waals surface area contributed by atoms with Crippen LogP contribution >= 0.6 is 0 Å². The van der Waals surface area contributed by atoms with Crippen LogP contribution in [-0.4, -0.2) is 30.4 Å². The molecule has 3 heteroatoms. The molecule has 2 rings (SSSR count). The standard InChI is InChI=1S/C14H21NO2/c1-11(2)17-14-5-3-4-12(10-14)15-8-6-13(16)7-9-15/h3-5,10-11,13,16H,6-9H2,1-2H3. The number of anilines is 1. The van der Waals surface area contributed by atoms with E-state index in [0.717, 1.165) is 31.7 Å². The summed E-state index contributed by atoms with van der Waals surface area (Å²) in [6.07, 6.45) is 1.79. The molecule has 1 N–H and O–H groups in total. The number of hydrogen-bond acceptors (Lipinski definition) is 3. The largest absolute Gasteiger partial charge is 0.491 e. The quantitative estimate of drug-likeness (QED) is 0.873. The Balaban J connectivity index is 2.05. The van der Waals surface area contributed by atoms with Crippen LogP contribution in [0, 0.1) is 0 Å². The fourth-order valence-corrected chi connectivity index (χ4v) is 2.15. The Morgan fingerprint density at radius 1 is 1.29 bits per heavy atom. The molecule has 0 amide bonds. The number of aliphatic hydroxyl groups is 1. The number of ether oxygens (including phenoxy) is 1. The van der Waals surface area contributed by atoms with Crippen molar-refractivity contribution in [3.05, 3.63) is 24.3 Å². The molecule has 0 unspecified atom stereocenters. The van der Waals surface area contributed by atoms with Gasteiger partial charge in [0.1, 0.15) is 5.75 Å². The molecule has 1 aromatic rings. The average molecular weight is 235 g/mol. The molecule has 0 bridgehead atoms. The van der Waals surface area contributed by atoms with E-state index in [1.807, 2.05) is 26.0 Å². The van der Waals surface area contributed by atoms with Crippen LogP contribution in [0.2, 0.25) is 0 Å². The second kappa shape index (κ2) is 5.41. The molecule has 1 saturated heterocycles. The van der Waals surface area contributed by atoms with Crippen LogP contribution < -0.4 is 9.64 Å². The highest BCUT2D eigenvalue weighted by molar-refractivity contribution is 5.51. The van der Waals surface area contributed by atoms with Crippen molar-refractivity contribution in [3.8, 4) is 5.75 Å². The second-order valence-electron chi connectivity index (χ2n) is 4.88. The zero-order chi connectivity index (χ0) is 12.3. The number of rotatable bonds is 3. The minimum Gasteiger partial charge on any atom is -0.491 e. The molecule has 0 spiro atoms. The Hall–Kier alpha value is -1.22. The highest BCUT2D eigenvalue weighted by atomic mass is 16.5. The SMILES string of the molecule is CC(C)Oc1cccc(N2CCC(O)CC2)c1. The summed E-state index contributed by atoms with van der Waals surface area (Å²) in [7, 11) is 0. The molecule has 0 saturated carbocycles. The third-order valence-corrected chi connectivity index (χ3v) is 3.02. The maximum Gasteiger partial charge on any atom is 0.121 e. The van der Waals surface area contributed by atoms with E-state index >= 15 is 0 Å². The Morgan fingerprint density at radius 2 is 2.00 bits per heavy atom. The predicted octanol–water partition coefficient (Wildman–Crippen LogP) is 2.43. The summed E-state index contributed by atoms with van der Waals surface area (Å²) in [5.74, 6) is 0.920. The molecule has 1 aliphatic rings. The molecule has 94 valence electrons. The van der Waals surface area contributed by atoms with E-state index in [9.17, 15) is 5.11 Å². The smallest absolute Gasteiger partial charge is 0.121 e. The predicted molar refractivity (Wildman–Crippen MR) is 69.7 cm³/mol. The molecular formula is C14H21NO2. The summed E-state index contributed by atoms with van der Waals surface area (Å²) in [5.41, 5.74) is 1.19. The van der Waals surface area contributed by atoms with Gasteiger partial charge in [0.05, 0.1) is 12.2 Å². The van der Waals surface area contributed by atoms with Gasteiger partial charge < -0.3 is 14.7 Å². The van der Waals surface area contributed by atoms with Crippen molar-refractivity contribution in [1.29, 1.82) is 0 Å². The summed E-state index contributed by atoms with van der Waals surface area (Å²) in [5, 5.41) is 9.50. The van der Waals surface area contributed by atoms with Gasteiger partial charge in [0.2, 0.25) is 0 Å². The number of nitrogens with zero attached hydrogens (tertiary/aromatic N) is 1. The van der Waals surface area contributed by atoms with E-state index in [1.54, 1.807) is 0 Å². The molecule has 0 aliphatic carbocycles. The average Bonchev–Trinajstić information content (AvgIpc) is 2.29. The molecule has 1 heterocycles. The van der Waals surface area contributed by atoms with Gasteiger partial charge in [-0.2, -0.15) is 0 Å². The molecule has 0 radical (unpaired) electrons. The van der Waals surface area contributed by atoms with Gasteiger partial charge >= 0.3 is 0 Å². The van der Waals surface area contributed by atoms with Crippen LogP contribution in [-0.2, 0) is 0 Å². The fourth-order valence-electron chi connectivity index (χ4n) is 2.15. The Bertz CT molecular complexity index is 357. The molecule has 1 aromatic carbocycles. The van der Waals surface area contributed by atoms with Crippen LogP contribution in [0.1, 0.15) is 26.7 Å². The summed E-state index contributed by atoms with van der Waals surface area (Å²) < 4.78 is 5.69. The van der Waals surface area contributed by atoms with Gasteiger partial charge in [0.25, 0.3) is 0 Å². The Labute approximate surface area is 103 Å². The van der Waals surface area contributed by atoms with Gasteiger partial charge in [-0.1, -0.05) is 6.07 Å². The second-order valence-corrected chi connectivity index (χ2v) is 4.88. The van der Waals surface area contributed by atoms with E-state index in [1.165, 1.54) is 5.69 Å². The highest BCUT2D eigenvalue weighted by Gasteiger charge is 2.17. The first kappa shape index (κ1) is 12.2. The maximum absolute atomic E-state index is 9.50. The minimum absolute atomic E-state index is 0.124. The number of aliphatic hydroxyl groups excluding tert-OH is 1. The molecule has 0 atom stereocenters. The summed E-state index contributed by atoms with van der Waals surface area (Å²) in [6.45, 7) is 5.91. The van der Waals surface area contributed by atoms with Gasteiger partial charge in [0.15, 0.2) is 0 Å². The van der Waals surface area contributed by atoms with Gasteiger partial charge in [-0.25, -0.2) is 0 Å². The Kier molecular flexibility index (Phi) is 3.89. The van der Waals surface area contributed by atoms with Gasteiger partial charge in [-0.05, 0) is 38.8 Å². The number of hydrogen-bond donors (Lipinski definition) is 1. The maximum atomic E-state index is 9.50. The van der Waals surface area contributed by atoms with Crippen molar-refractivity contribution in [2.75, 3.05) is 18.0 Å². The molecule has 1 aliphatic heterocycles. The van der Waals surface area contributed by atoms with Gasteiger partial charge in [-0.15, -0.1) is 0 Å². The van der Waals surface area contributed by atoms with Crippen LogP contribution in [0.4, 0.5) is 5.69 Å². The third kappa shape index (κ3) is 3.37. The van der Waals surface area contributed by atoms with Crippen molar-refractivity contribution in [3.63, 3.8) is 0 Å². The lowest BCUT2D eigenvalue weighted by Crippen LogP contribution is -2.35. The summed E-state index contributed by atoms with van der Waals surface area (Å²) in [6, 6.07) is 8.20. The number of benzene rings is 1. The third-order valence-electron chi connectivity index (χ3n) is 3.02. The summed E-state index contributed by atoms with van der Waals surface area (Å²) in [4.78, 5) is 2.31. The molecular weight excluding hydrogens is 214 g/mol. The van der Waals surface area contributed by atoms with Crippen molar-refractivity contribution < 1.29 is 9.84 Å². The normalized spacial score (nSPS) is 17.5. The zero-order valence-corrected chi connectivity index (χ0v) is 10.6. The first-order chi connectivity index (χ1) is 8.15. The van der Waals surface area contributed by atoms with E-state index in [-0.39, 0.29) is 12.2 Å². The van der Waals surface area contributed by atoms with E-state index < -0.39 is 0 Å². The molecule has 0 aromatic heterocycles. The first-order valence-electron chi connectivity index (χ1n) is 6.35. The molecule has 17 heavy (non-hydrogen) atoms. The Morgan fingerprint density at radius 3 is 2.65 bits per heavy atom. The summed E-state index contributed by atoms with van der Waals surface area (Å²) >= 11 is 0. The zero-order valence-electron chi connectivity index (χ0n) is 10.6. The monoisotopic (exact) mass is 235 g/mol. The van der Waals surface area contributed by atoms with Gasteiger partial charge in [-0.3, -0.25) is 0 Å².